The van der Waals surface area contributed by atoms with E-state index in [-0.39, 0.29) is 12.0 Å². The average molecular weight is 251 g/mol. The molecule has 0 bridgehead atoms. The fourth-order valence-corrected chi connectivity index (χ4v) is 0.849. The van der Waals surface area contributed by atoms with Gasteiger partial charge in [0.25, 0.3) is 0 Å². The van der Waals surface area contributed by atoms with E-state index in [0.29, 0.717) is 12.8 Å². The summed E-state index contributed by atoms with van der Waals surface area (Å²) in [6.45, 7) is 7.16. The van der Waals surface area contributed by atoms with Gasteiger partial charge in [-0.25, -0.2) is 9.63 Å². The Hall–Kier alpha value is -0.890. The quantitative estimate of drug-likeness (QED) is 0.529. The Morgan fingerprint density at radius 1 is 1.41 bits per heavy atom. The smallest absolute Gasteiger partial charge is 0.434 e. The minimum atomic E-state index is -0.742. The van der Waals surface area contributed by atoms with E-state index in [1.165, 1.54) is 0 Å². The molecule has 0 aromatic carbocycles. The summed E-state index contributed by atoms with van der Waals surface area (Å²) in [5, 5.41) is 16.3. The fraction of sp³-hybridized carbons (Fsp3) is 0.900. The van der Waals surface area contributed by atoms with Crippen LogP contribution in [-0.4, -0.2) is 40.3 Å². The highest BCUT2D eigenvalue weighted by Crippen LogP contribution is 2.14. The van der Waals surface area contributed by atoms with Gasteiger partial charge in [-0.1, -0.05) is 6.92 Å². The van der Waals surface area contributed by atoms with Crippen molar-refractivity contribution in [3.05, 3.63) is 0 Å². The molecule has 0 fully saturated rings. The number of hydrogen-bond donors (Lipinski definition) is 2. The van der Waals surface area contributed by atoms with E-state index in [1.54, 1.807) is 20.8 Å². The Bertz CT molecular complexity index is 231. The summed E-state index contributed by atoms with van der Waals surface area (Å²) in [6, 6.07) is 0. The van der Waals surface area contributed by atoms with Gasteiger partial charge in [0.1, 0.15) is 5.60 Å². The first-order valence-corrected chi connectivity index (χ1v) is 5.47. The van der Waals surface area contributed by atoms with Crippen LogP contribution in [0.1, 0.15) is 40.5 Å². The Balaban J connectivity index is 3.72. The lowest BCUT2D eigenvalue weighted by atomic mass is 10.1. The zero-order valence-electron chi connectivity index (χ0n) is 10.7. The lowest BCUT2D eigenvalue weighted by Gasteiger charge is -2.22. The number of carbonyl (C=O) groups is 1. The van der Waals surface area contributed by atoms with Crippen molar-refractivity contribution in [3.8, 4) is 0 Å². The van der Waals surface area contributed by atoms with Crippen molar-refractivity contribution in [2.24, 2.45) is 0 Å². The molecule has 0 aliphatic carbocycles. The van der Waals surface area contributed by atoms with Gasteiger partial charge in [0.05, 0.1) is 18.1 Å². The molecule has 2 N–H and O–H groups in total. The Morgan fingerprint density at radius 2 is 2.00 bits per heavy atom. The first-order valence-electron chi connectivity index (χ1n) is 5.47. The first kappa shape index (κ1) is 16.1. The second-order valence-electron chi connectivity index (χ2n) is 4.27. The maximum absolute atomic E-state index is 11.2. The van der Waals surface area contributed by atoms with E-state index in [9.17, 15) is 4.79 Å². The van der Waals surface area contributed by atoms with Gasteiger partial charge in [-0.2, -0.15) is 0 Å². The van der Waals surface area contributed by atoms with Gasteiger partial charge in [-0.05, 0) is 27.2 Å². The van der Waals surface area contributed by atoms with Crippen LogP contribution in [0.15, 0.2) is 0 Å². The van der Waals surface area contributed by atoms with E-state index in [0.717, 1.165) is 0 Å². The van der Waals surface area contributed by atoms with Crippen LogP contribution in [0.3, 0.4) is 0 Å². The van der Waals surface area contributed by atoms with Crippen molar-refractivity contribution < 1.29 is 29.5 Å². The Morgan fingerprint density at radius 3 is 2.47 bits per heavy atom. The van der Waals surface area contributed by atoms with Crippen molar-refractivity contribution in [1.82, 2.24) is 5.39 Å². The second kappa shape index (κ2) is 7.44. The molecule has 0 aliphatic heterocycles. The lowest BCUT2D eigenvalue weighted by molar-refractivity contribution is -0.503. The monoisotopic (exact) mass is 251 g/mol. The molecule has 0 aromatic heterocycles. The highest BCUT2D eigenvalue weighted by molar-refractivity contribution is 5.60. The summed E-state index contributed by atoms with van der Waals surface area (Å²) in [7, 11) is 0. The summed E-state index contributed by atoms with van der Waals surface area (Å²) >= 11 is 0. The van der Waals surface area contributed by atoms with Crippen molar-refractivity contribution in [1.29, 1.82) is 0 Å². The summed E-state index contributed by atoms with van der Waals surface area (Å²) in [5.74, 6) is 0. The Kier molecular flexibility index (Phi) is 7.05. The number of nitrogens with zero attached hydrogens (tertiary/aromatic N) is 1. The largest absolute Gasteiger partial charge is 0.508 e. The molecule has 1 atom stereocenters. The molecule has 0 radical (unpaired) electrons. The van der Waals surface area contributed by atoms with Gasteiger partial charge in [0, 0.05) is 6.42 Å². The van der Waals surface area contributed by atoms with E-state index < -0.39 is 17.9 Å². The van der Waals surface area contributed by atoms with Gasteiger partial charge in [0.2, 0.25) is 0 Å². The van der Waals surface area contributed by atoms with Crippen molar-refractivity contribution in [3.63, 3.8) is 0 Å². The highest BCUT2D eigenvalue weighted by Gasteiger charge is 2.21. The molecule has 0 rings (SSSR count). The van der Waals surface area contributed by atoms with Crippen LogP contribution in [0, 0.1) is 0 Å². The van der Waals surface area contributed by atoms with E-state index in [1.807, 2.05) is 6.92 Å². The van der Waals surface area contributed by atoms with Crippen LogP contribution in [0.4, 0.5) is 4.79 Å². The summed E-state index contributed by atoms with van der Waals surface area (Å²) in [6.07, 6.45) is -0.226. The van der Waals surface area contributed by atoms with Crippen molar-refractivity contribution in [2.75, 3.05) is 6.61 Å². The maximum atomic E-state index is 11.2. The van der Waals surface area contributed by atoms with Crippen molar-refractivity contribution in [2.45, 2.75) is 52.2 Å². The third kappa shape index (κ3) is 8.87. The molecular weight excluding hydrogens is 230 g/mol. The molecule has 17 heavy (non-hydrogen) atoms. The van der Waals surface area contributed by atoms with Crippen LogP contribution in [0.2, 0.25) is 0 Å². The summed E-state index contributed by atoms with van der Waals surface area (Å²) < 4.78 is 9.85. The fourth-order valence-electron chi connectivity index (χ4n) is 0.849. The molecule has 0 heterocycles. The van der Waals surface area contributed by atoms with Crippen LogP contribution < -0.4 is 0 Å². The molecule has 0 amide bonds. The van der Waals surface area contributed by atoms with Gasteiger partial charge >= 0.3 is 6.16 Å². The van der Waals surface area contributed by atoms with E-state index in [4.69, 9.17) is 19.9 Å². The standard InChI is InChI=1S/C10H21NO6/c1-5-10(3,4)16-9(12)15-7-6-8(2)17-11(13)14/h8,13-14H,5-7H2,1-4H3/t8-/m0/s1. The molecule has 0 spiro atoms. The topological polar surface area (TPSA) is 88.5 Å². The molecule has 0 unspecified atom stereocenters. The van der Waals surface area contributed by atoms with Crippen LogP contribution >= 0.6 is 0 Å². The minimum Gasteiger partial charge on any atom is -0.434 e. The molecule has 0 aliphatic rings. The zero-order chi connectivity index (χ0) is 13.5. The van der Waals surface area contributed by atoms with Gasteiger partial charge < -0.3 is 9.47 Å². The van der Waals surface area contributed by atoms with Crippen LogP contribution in [0.5, 0.6) is 0 Å². The summed E-state index contributed by atoms with van der Waals surface area (Å²) in [4.78, 5) is 15.7. The maximum Gasteiger partial charge on any atom is 0.508 e. The summed E-state index contributed by atoms with van der Waals surface area (Å²) in [5.41, 5.74) is -0.549. The minimum absolute atomic E-state index is 0.0770. The molecule has 0 saturated heterocycles. The third-order valence-corrected chi connectivity index (χ3v) is 2.23. The zero-order valence-corrected chi connectivity index (χ0v) is 10.7. The molecular formula is C10H21NO6. The van der Waals surface area contributed by atoms with Gasteiger partial charge in [0.15, 0.2) is 0 Å². The van der Waals surface area contributed by atoms with Crippen LogP contribution in [0.25, 0.3) is 0 Å². The Labute approximate surface area is 101 Å². The first-order chi connectivity index (χ1) is 7.76. The van der Waals surface area contributed by atoms with Gasteiger partial charge in [-0.15, -0.1) is 0 Å². The van der Waals surface area contributed by atoms with E-state index >= 15 is 0 Å². The second-order valence-corrected chi connectivity index (χ2v) is 4.27. The number of hydrogen-bond acceptors (Lipinski definition) is 7. The van der Waals surface area contributed by atoms with Gasteiger partial charge in [-0.3, -0.25) is 10.4 Å². The average Bonchev–Trinajstić information content (AvgIpc) is 2.15. The highest BCUT2D eigenvalue weighted by atomic mass is 17.1. The SMILES string of the molecule is CCC(C)(C)OC(=O)OCC[C@H](C)ON(O)O. The number of carbonyl (C=O) groups excluding carboxylic acids is 1. The number of rotatable bonds is 7. The van der Waals surface area contributed by atoms with Crippen LogP contribution in [-0.2, 0) is 14.3 Å². The normalized spacial score (nSPS) is 13.6. The predicted octanol–water partition coefficient (Wildman–Crippen LogP) is 2.12. The molecule has 0 aromatic rings. The van der Waals surface area contributed by atoms with E-state index in [2.05, 4.69) is 4.84 Å². The third-order valence-electron chi connectivity index (χ3n) is 2.23. The molecule has 7 heteroatoms. The lowest BCUT2D eigenvalue weighted by Crippen LogP contribution is -2.28. The molecule has 102 valence electrons. The molecule has 0 saturated carbocycles. The number of ether oxygens (including phenoxy) is 2. The predicted molar refractivity (Wildman–Crippen MR) is 57.4 cm³/mol. The molecule has 7 nitrogen and oxygen atoms in total. The van der Waals surface area contributed by atoms with Crippen molar-refractivity contribution >= 4 is 6.16 Å².